The van der Waals surface area contributed by atoms with Crippen LogP contribution in [0.25, 0.3) is 0 Å². The summed E-state index contributed by atoms with van der Waals surface area (Å²) in [6, 6.07) is 36.8. The van der Waals surface area contributed by atoms with Crippen molar-refractivity contribution < 1.29 is 46.5 Å². The van der Waals surface area contributed by atoms with Gasteiger partial charge in [-0.1, -0.05) is 107 Å². The molecule has 0 saturated heterocycles. The minimum absolute atomic E-state index is 0.00538. The van der Waals surface area contributed by atoms with Crippen molar-refractivity contribution in [1.82, 2.24) is 5.32 Å². The molecular weight excluding hydrogens is 993 g/mol. The van der Waals surface area contributed by atoms with E-state index in [1.54, 1.807) is 48.5 Å². The largest absolute Gasteiger partial charge is 0.575 e. The lowest BCUT2D eigenvalue weighted by Gasteiger charge is -2.33. The molecule has 6 aromatic carbocycles. The molecular formula is C51H55Cl2N5O11PS+. The van der Waals surface area contributed by atoms with E-state index in [1.165, 1.54) is 51.1 Å². The molecule has 0 aromatic heterocycles. The molecule has 0 unspecified atom stereocenters. The van der Waals surface area contributed by atoms with Crippen LogP contribution in [0.15, 0.2) is 127 Å². The fourth-order valence-corrected chi connectivity index (χ4v) is 8.29. The Kier molecular flexibility index (Phi) is 19.7. The van der Waals surface area contributed by atoms with Crippen LogP contribution in [-0.4, -0.2) is 58.3 Å². The standard InChI is InChI=1S/C34H34N2O3.C11H16N2O5S.C6H5NO2.Cl2OP/c1-33(2,3)20-34(4,5)21-15-17-23(18-16-21)39-27-19-26(36-22-11-7-6-8-12-22)28-29(30(27)35)32(38)25-14-10-9-13-24(25)31(28)37;1-12-11(14)7-5-9(17-2)10(18-3)6-8(7)13-19(4,15)16;8-7(9)6-4-2-1-3-5-6;1-4(2)3/h6-19,36H,20,35H2,1-5H3;5-6,13H,1-4H3,(H,12,14);1-5H;/q;;;+1. The zero-order chi connectivity index (χ0) is 52.8. The smallest absolute Gasteiger partial charge is 0.493 e. The number of hydrogen-bond acceptors (Lipinski definition) is 13. The van der Waals surface area contributed by atoms with Crippen LogP contribution in [0.4, 0.5) is 28.4 Å². The first kappa shape index (κ1) is 56.5. The maximum atomic E-state index is 13.6. The van der Waals surface area contributed by atoms with Crippen LogP contribution in [0.5, 0.6) is 23.0 Å². The Morgan fingerprint density at radius 2 is 1.23 bits per heavy atom. The van der Waals surface area contributed by atoms with Gasteiger partial charge in [0.05, 0.1) is 59.2 Å². The third-order valence-corrected chi connectivity index (χ3v) is 10.9. The van der Waals surface area contributed by atoms with Gasteiger partial charge in [-0.3, -0.25) is 29.2 Å². The van der Waals surface area contributed by atoms with Crippen LogP contribution in [0, 0.1) is 15.5 Å². The number of carbonyl (C=O) groups is 3. The van der Waals surface area contributed by atoms with Crippen LogP contribution in [0.2, 0.25) is 0 Å². The number of ether oxygens (including phenoxy) is 3. The van der Waals surface area contributed by atoms with E-state index in [0.29, 0.717) is 39.8 Å². The van der Waals surface area contributed by atoms with E-state index in [4.69, 9.17) is 24.5 Å². The molecule has 0 heterocycles. The summed E-state index contributed by atoms with van der Waals surface area (Å²) in [5, 5.41) is 15.7. The molecule has 1 aliphatic rings. The van der Waals surface area contributed by atoms with Gasteiger partial charge in [0.25, 0.3) is 11.6 Å². The van der Waals surface area contributed by atoms with Crippen LogP contribution in [0.3, 0.4) is 0 Å². The monoisotopic (exact) mass is 1050 g/mol. The van der Waals surface area contributed by atoms with Crippen LogP contribution < -0.4 is 35.3 Å². The fourth-order valence-electron chi connectivity index (χ4n) is 7.72. The fraction of sp³-hybridized carbons (Fsp3) is 0.235. The topological polar surface area (TPSA) is 235 Å². The summed E-state index contributed by atoms with van der Waals surface area (Å²) in [4.78, 5) is 48.6. The molecule has 5 N–H and O–H groups in total. The summed E-state index contributed by atoms with van der Waals surface area (Å²) in [7, 11) is 0.779. The van der Waals surface area contributed by atoms with Crippen molar-refractivity contribution in [1.29, 1.82) is 0 Å². The van der Waals surface area contributed by atoms with Gasteiger partial charge in [0.2, 0.25) is 32.5 Å². The number of rotatable bonds is 12. The van der Waals surface area contributed by atoms with Crippen LogP contribution in [0.1, 0.15) is 88.8 Å². The van der Waals surface area contributed by atoms with E-state index in [9.17, 15) is 32.9 Å². The second kappa shape index (κ2) is 24.7. The van der Waals surface area contributed by atoms with E-state index in [1.807, 2.05) is 42.5 Å². The third-order valence-electron chi connectivity index (χ3n) is 10.3. The zero-order valence-corrected chi connectivity index (χ0v) is 43.7. The Morgan fingerprint density at radius 1 is 0.746 bits per heavy atom. The van der Waals surface area contributed by atoms with E-state index in [2.05, 4.69) is 84.6 Å². The predicted molar refractivity (Wildman–Crippen MR) is 281 cm³/mol. The maximum absolute atomic E-state index is 13.6. The summed E-state index contributed by atoms with van der Waals surface area (Å²) in [6.45, 7) is 9.31. The van der Waals surface area contributed by atoms with Gasteiger partial charge in [0, 0.05) is 48.1 Å². The number of nitrogen functional groups attached to an aromatic ring is 1. The van der Waals surface area contributed by atoms with Gasteiger partial charge in [-0.15, -0.1) is 0 Å². The lowest BCUT2D eigenvalue weighted by atomic mass is 9.72. The van der Waals surface area contributed by atoms with Crippen molar-refractivity contribution in [3.63, 3.8) is 0 Å². The molecule has 0 spiro atoms. The normalized spacial score (nSPS) is 11.5. The average Bonchev–Trinajstić information content (AvgIpc) is 3.31. The van der Waals surface area contributed by atoms with Crippen LogP contribution >= 0.6 is 29.0 Å². The number of sulfonamides is 1. The van der Waals surface area contributed by atoms with E-state index < -0.39 is 27.4 Å². The molecule has 0 atom stereocenters. The number of ketones is 2. The first-order valence-corrected chi connectivity index (χ1v) is 26.5. The molecule has 0 aliphatic heterocycles. The Hall–Kier alpha value is -7.04. The molecule has 16 nitrogen and oxygen atoms in total. The first-order chi connectivity index (χ1) is 33.3. The highest BCUT2D eigenvalue weighted by atomic mass is 35.9. The van der Waals surface area contributed by atoms with E-state index >= 15 is 0 Å². The average molecular weight is 1050 g/mol. The summed E-state index contributed by atoms with van der Waals surface area (Å²) >= 11 is 9.10. The van der Waals surface area contributed by atoms with E-state index in [-0.39, 0.29) is 56.1 Å². The number of nitrogens with zero attached hydrogens (tertiary/aromatic N) is 1. The van der Waals surface area contributed by atoms with Gasteiger partial charge in [0.15, 0.2) is 28.8 Å². The van der Waals surface area contributed by atoms with Crippen molar-refractivity contribution >= 4 is 84.9 Å². The number of nitrogens with two attached hydrogens (primary N) is 1. The SMILES string of the molecule is CC(C)(C)CC(C)(C)c1ccc(Oc2cc(Nc3ccccc3)c3c(c2N)C(=O)c2ccccc2C3=O)cc1.CNC(=O)c1cc(OC)c(OC)cc1NS(C)(=O)=O.O=[N+]([O-])c1ccccc1.O=[P+](Cl)Cl. The number of nitro benzene ring substituents is 1. The third kappa shape index (κ3) is 16.0. The molecule has 0 radical (unpaired) electrons. The molecule has 71 heavy (non-hydrogen) atoms. The number of nitro groups is 1. The summed E-state index contributed by atoms with van der Waals surface area (Å²) in [6.07, 6.45) is 2.03. The number of non-ortho nitro benzene ring substituents is 1. The Bertz CT molecular complexity index is 3010. The number of carbonyl (C=O) groups excluding carboxylic acids is 3. The van der Waals surface area contributed by atoms with E-state index in [0.717, 1.165) is 18.4 Å². The number of fused-ring (bicyclic) bond motifs is 2. The number of nitrogens with one attached hydrogen (secondary N) is 3. The highest BCUT2D eigenvalue weighted by molar-refractivity contribution is 7.95. The van der Waals surface area contributed by atoms with Crippen molar-refractivity contribution in [3.8, 4) is 23.0 Å². The second-order valence-corrected chi connectivity index (χ2v) is 22.0. The molecule has 1 aliphatic carbocycles. The Morgan fingerprint density at radius 3 is 1.69 bits per heavy atom. The highest BCUT2D eigenvalue weighted by Gasteiger charge is 2.35. The second-order valence-electron chi connectivity index (χ2n) is 17.5. The Labute approximate surface area is 423 Å². The van der Waals surface area contributed by atoms with Crippen molar-refractivity contribution in [2.45, 2.75) is 46.5 Å². The quantitative estimate of drug-likeness (QED) is 0.0386. The lowest BCUT2D eigenvalue weighted by Crippen LogP contribution is -2.24. The number of amides is 1. The molecule has 0 fully saturated rings. The van der Waals surface area contributed by atoms with Crippen LogP contribution in [-0.2, 0) is 20.0 Å². The molecule has 7 rings (SSSR count). The number of benzene rings is 6. The summed E-state index contributed by atoms with van der Waals surface area (Å²) < 4.78 is 50.4. The molecule has 0 bridgehead atoms. The van der Waals surface area contributed by atoms with Gasteiger partial charge in [-0.05, 0) is 57.7 Å². The Balaban J connectivity index is 0.000000281. The van der Waals surface area contributed by atoms with Gasteiger partial charge < -0.3 is 30.6 Å². The summed E-state index contributed by atoms with van der Waals surface area (Å²) in [5.74, 6) is 0.585. The van der Waals surface area contributed by atoms with Gasteiger partial charge >= 0.3 is 6.51 Å². The number of halogens is 2. The maximum Gasteiger partial charge on any atom is 0.575 e. The van der Waals surface area contributed by atoms with Gasteiger partial charge in [-0.25, -0.2) is 8.42 Å². The van der Waals surface area contributed by atoms with Crippen molar-refractivity contribution in [2.24, 2.45) is 5.41 Å². The number of anilines is 4. The molecule has 20 heteroatoms. The van der Waals surface area contributed by atoms with Gasteiger partial charge in [0.1, 0.15) is 5.75 Å². The van der Waals surface area contributed by atoms with Gasteiger partial charge in [-0.2, -0.15) is 0 Å². The minimum atomic E-state index is -3.51. The molecule has 1 amide bonds. The number of para-hydroxylation sites is 2. The lowest BCUT2D eigenvalue weighted by molar-refractivity contribution is -0.384. The molecule has 0 saturated carbocycles. The molecule has 374 valence electrons. The van der Waals surface area contributed by atoms with Crippen molar-refractivity contribution in [3.05, 3.63) is 171 Å². The number of methoxy groups -OCH3 is 2. The molecule has 6 aromatic rings. The first-order valence-electron chi connectivity index (χ1n) is 21.5. The highest BCUT2D eigenvalue weighted by Crippen LogP contribution is 2.44. The van der Waals surface area contributed by atoms with Crippen molar-refractivity contribution in [2.75, 3.05) is 43.3 Å². The number of hydrogen-bond donors (Lipinski definition) is 4. The summed E-state index contributed by atoms with van der Waals surface area (Å²) in [5.41, 5.74) is 10.9. The minimum Gasteiger partial charge on any atom is -0.493 e. The zero-order valence-electron chi connectivity index (χ0n) is 40.5. The predicted octanol–water partition coefficient (Wildman–Crippen LogP) is 12.4.